The molecule has 0 saturated carbocycles. The SMILES string of the molecule is CO[S+](c1ccc(F)cc1)N1CCC2=Cc3c(cnn3-c3ccc(F)cc3)CC2(CO)C1. The van der Waals surface area contributed by atoms with E-state index in [2.05, 4.69) is 15.5 Å². The van der Waals surface area contributed by atoms with Crippen molar-refractivity contribution in [3.05, 3.63) is 83.2 Å². The van der Waals surface area contributed by atoms with E-state index in [0.717, 1.165) is 34.8 Å². The minimum absolute atomic E-state index is 0.0147. The first-order chi connectivity index (χ1) is 15.5. The summed E-state index contributed by atoms with van der Waals surface area (Å²) in [6.45, 7) is 1.41. The second kappa shape index (κ2) is 8.44. The normalized spacial score (nSPS) is 21.6. The molecule has 3 aromatic rings. The third kappa shape index (κ3) is 3.67. The van der Waals surface area contributed by atoms with Gasteiger partial charge < -0.3 is 5.11 Å². The third-order valence-corrected chi connectivity index (χ3v) is 8.07. The molecule has 0 spiro atoms. The first kappa shape index (κ1) is 21.3. The molecule has 1 aliphatic heterocycles. The number of rotatable bonds is 5. The molecule has 1 aromatic heterocycles. The molecule has 2 atom stereocenters. The van der Waals surface area contributed by atoms with Crippen molar-refractivity contribution in [2.75, 3.05) is 26.8 Å². The van der Waals surface area contributed by atoms with Crippen LogP contribution in [-0.4, -0.2) is 46.0 Å². The van der Waals surface area contributed by atoms with Crippen LogP contribution in [0.25, 0.3) is 11.8 Å². The predicted molar refractivity (Wildman–Crippen MR) is 120 cm³/mol. The summed E-state index contributed by atoms with van der Waals surface area (Å²) in [6, 6.07) is 12.7. The fraction of sp³-hybridized carbons (Fsp3) is 0.292. The molecule has 166 valence electrons. The van der Waals surface area contributed by atoms with E-state index in [1.165, 1.54) is 29.8 Å². The maximum absolute atomic E-state index is 13.4. The van der Waals surface area contributed by atoms with Crippen molar-refractivity contribution >= 4 is 17.4 Å². The first-order valence-electron chi connectivity index (χ1n) is 10.5. The van der Waals surface area contributed by atoms with Gasteiger partial charge in [0.1, 0.15) is 11.6 Å². The number of nitrogens with zero attached hydrogens (tertiary/aromatic N) is 3. The van der Waals surface area contributed by atoms with Gasteiger partial charge in [-0.25, -0.2) is 13.5 Å². The summed E-state index contributed by atoms with van der Waals surface area (Å²) in [6.07, 6.45) is 5.40. The summed E-state index contributed by atoms with van der Waals surface area (Å²) in [5.74, 6) is -0.559. The van der Waals surface area contributed by atoms with E-state index >= 15 is 0 Å². The number of aliphatic hydroxyl groups excluding tert-OH is 1. The molecule has 1 aliphatic carbocycles. The van der Waals surface area contributed by atoms with Crippen molar-refractivity contribution < 1.29 is 18.1 Å². The maximum Gasteiger partial charge on any atom is 0.280 e. The Morgan fingerprint density at radius 3 is 2.44 bits per heavy atom. The number of hydrogen-bond donors (Lipinski definition) is 1. The quantitative estimate of drug-likeness (QED) is 0.591. The number of piperidine rings is 1. The molecule has 2 aliphatic rings. The molecular formula is C24H24F2N3O2S+. The van der Waals surface area contributed by atoms with Crippen LogP contribution in [-0.2, 0) is 22.0 Å². The van der Waals surface area contributed by atoms with E-state index in [1.807, 2.05) is 10.9 Å². The van der Waals surface area contributed by atoms with E-state index in [0.29, 0.717) is 13.0 Å². The van der Waals surface area contributed by atoms with Crippen molar-refractivity contribution in [1.29, 1.82) is 0 Å². The molecule has 0 amide bonds. The molecule has 8 heteroatoms. The monoisotopic (exact) mass is 456 g/mol. The van der Waals surface area contributed by atoms with E-state index in [-0.39, 0.29) is 18.2 Å². The van der Waals surface area contributed by atoms with Crippen LogP contribution >= 0.6 is 0 Å². The van der Waals surface area contributed by atoms with Crippen LogP contribution in [0.5, 0.6) is 0 Å². The van der Waals surface area contributed by atoms with Gasteiger partial charge in [0, 0.05) is 17.5 Å². The topological polar surface area (TPSA) is 50.5 Å². The number of aromatic nitrogens is 2. The average molecular weight is 457 g/mol. The molecule has 5 nitrogen and oxygen atoms in total. The fourth-order valence-electron chi connectivity index (χ4n) is 4.67. The smallest absolute Gasteiger partial charge is 0.280 e. The zero-order chi connectivity index (χ0) is 22.3. The van der Waals surface area contributed by atoms with Gasteiger partial charge >= 0.3 is 0 Å². The second-order valence-corrected chi connectivity index (χ2v) is 10.0. The fourth-order valence-corrected chi connectivity index (χ4v) is 6.37. The molecule has 2 heterocycles. The van der Waals surface area contributed by atoms with Crippen LogP contribution in [0.2, 0.25) is 0 Å². The van der Waals surface area contributed by atoms with Crippen LogP contribution < -0.4 is 0 Å². The van der Waals surface area contributed by atoms with Gasteiger partial charge in [-0.05, 0) is 60.9 Å². The van der Waals surface area contributed by atoms with Gasteiger partial charge in [0.25, 0.3) is 11.4 Å². The van der Waals surface area contributed by atoms with E-state index in [1.54, 1.807) is 31.4 Å². The lowest BCUT2D eigenvalue weighted by Crippen LogP contribution is -2.51. The highest BCUT2D eigenvalue weighted by molar-refractivity contribution is 7.90. The van der Waals surface area contributed by atoms with Gasteiger partial charge in [-0.3, -0.25) is 0 Å². The van der Waals surface area contributed by atoms with E-state index < -0.39 is 16.8 Å². The van der Waals surface area contributed by atoms with Crippen LogP contribution in [0.1, 0.15) is 17.7 Å². The minimum atomic E-state index is -0.645. The maximum atomic E-state index is 13.4. The second-order valence-electron chi connectivity index (χ2n) is 8.21. The zero-order valence-corrected chi connectivity index (χ0v) is 18.5. The van der Waals surface area contributed by atoms with Gasteiger partial charge in [0.05, 0.1) is 44.4 Å². The summed E-state index contributed by atoms with van der Waals surface area (Å²) < 4.78 is 36.6. The van der Waals surface area contributed by atoms with Gasteiger partial charge in [-0.15, -0.1) is 0 Å². The Morgan fingerprint density at radius 2 is 1.78 bits per heavy atom. The number of aliphatic hydroxyl groups is 1. The van der Waals surface area contributed by atoms with Crippen molar-refractivity contribution in [3.8, 4) is 5.69 Å². The predicted octanol–water partition coefficient (Wildman–Crippen LogP) is 3.93. The number of halogens is 2. The Hall–Kier alpha value is -2.52. The summed E-state index contributed by atoms with van der Waals surface area (Å²) in [4.78, 5) is 0.912. The molecule has 1 saturated heterocycles. The Balaban J connectivity index is 1.46. The first-order valence-corrected chi connectivity index (χ1v) is 11.6. The minimum Gasteiger partial charge on any atom is -0.395 e. The molecule has 2 aromatic carbocycles. The summed E-state index contributed by atoms with van der Waals surface area (Å²) in [5, 5.41) is 15.1. The van der Waals surface area contributed by atoms with E-state index in [4.69, 9.17) is 4.18 Å². The Bertz CT molecular complexity index is 1150. The van der Waals surface area contributed by atoms with Crippen LogP contribution in [0.4, 0.5) is 8.78 Å². The summed E-state index contributed by atoms with van der Waals surface area (Å²) in [7, 11) is 1.66. The highest BCUT2D eigenvalue weighted by Gasteiger charge is 2.48. The molecule has 1 N–H and O–H groups in total. The highest BCUT2D eigenvalue weighted by Crippen LogP contribution is 2.45. The zero-order valence-electron chi connectivity index (χ0n) is 17.7. The van der Waals surface area contributed by atoms with Crippen LogP contribution in [0, 0.1) is 17.0 Å². The Morgan fingerprint density at radius 1 is 1.09 bits per heavy atom. The van der Waals surface area contributed by atoms with Gasteiger partial charge in [0.15, 0.2) is 0 Å². The summed E-state index contributed by atoms with van der Waals surface area (Å²) >= 11 is -0.645. The summed E-state index contributed by atoms with van der Waals surface area (Å²) in [5.41, 5.74) is 3.59. The van der Waals surface area contributed by atoms with Gasteiger partial charge in [-0.1, -0.05) is 9.88 Å². The molecule has 5 rings (SSSR count). The van der Waals surface area contributed by atoms with Gasteiger partial charge in [0.2, 0.25) is 4.90 Å². The van der Waals surface area contributed by atoms with Crippen molar-refractivity contribution in [2.45, 2.75) is 17.7 Å². The lowest BCUT2D eigenvalue weighted by Gasteiger charge is -2.43. The lowest BCUT2D eigenvalue weighted by molar-refractivity contribution is 0.110. The molecule has 0 bridgehead atoms. The third-order valence-electron chi connectivity index (χ3n) is 6.30. The Labute approximate surface area is 188 Å². The van der Waals surface area contributed by atoms with Crippen LogP contribution in [0.3, 0.4) is 0 Å². The van der Waals surface area contributed by atoms with Gasteiger partial charge in [-0.2, -0.15) is 9.28 Å². The average Bonchev–Trinajstić information content (AvgIpc) is 3.22. The number of hydrogen-bond acceptors (Lipinski definition) is 4. The van der Waals surface area contributed by atoms with Crippen molar-refractivity contribution in [3.63, 3.8) is 0 Å². The standard InChI is InChI=1S/C24H24F2N3O2S/c1-31-32(22-8-4-20(26)5-9-22)28-11-10-18-12-23-17(13-24(18,15-28)16-30)14-27-29(23)21-6-2-19(25)3-7-21/h2-9,12,14,30H,10-11,13,15-16H2,1H3/q+1. The molecule has 1 fully saturated rings. The number of benzene rings is 2. The lowest BCUT2D eigenvalue weighted by atomic mass is 9.69. The molecule has 2 unspecified atom stereocenters. The van der Waals surface area contributed by atoms with E-state index in [9.17, 15) is 13.9 Å². The molecular weight excluding hydrogens is 432 g/mol. The molecule has 32 heavy (non-hydrogen) atoms. The van der Waals surface area contributed by atoms with Crippen LogP contribution in [0.15, 0.2) is 65.2 Å². The molecule has 0 radical (unpaired) electrons. The number of fused-ring (bicyclic) bond motifs is 2. The largest absolute Gasteiger partial charge is 0.395 e. The van der Waals surface area contributed by atoms with Crippen molar-refractivity contribution in [1.82, 2.24) is 14.1 Å². The Kier molecular flexibility index (Phi) is 5.63. The van der Waals surface area contributed by atoms with Crippen molar-refractivity contribution in [2.24, 2.45) is 5.41 Å². The highest BCUT2D eigenvalue weighted by atomic mass is 32.2.